The summed E-state index contributed by atoms with van der Waals surface area (Å²) in [5.41, 5.74) is 1.13. The molecule has 0 N–H and O–H groups in total. The summed E-state index contributed by atoms with van der Waals surface area (Å²) in [6.07, 6.45) is 3.21. The fraction of sp³-hybridized carbons (Fsp3) is 0.0625. The molecule has 0 bridgehead atoms. The van der Waals surface area contributed by atoms with E-state index in [1.807, 2.05) is 30.3 Å². The van der Waals surface area contributed by atoms with Crippen LogP contribution in [0.3, 0.4) is 0 Å². The van der Waals surface area contributed by atoms with Crippen LogP contribution in [0.4, 0.5) is 0 Å². The number of benzene rings is 2. The summed E-state index contributed by atoms with van der Waals surface area (Å²) in [7, 11) is -3.92. The van der Waals surface area contributed by atoms with Crippen molar-refractivity contribution in [1.82, 2.24) is 9.55 Å². The molecule has 0 fully saturated rings. The summed E-state index contributed by atoms with van der Waals surface area (Å²) in [5.74, 6) is 0. The Kier molecular flexibility index (Phi) is 5.79. The minimum absolute atomic E-state index is 0. The van der Waals surface area contributed by atoms with Crippen molar-refractivity contribution in [2.75, 3.05) is 0 Å². The zero-order valence-corrected chi connectivity index (χ0v) is 15.2. The largest absolute Gasteiger partial charge is 1.00 e. The quantitative estimate of drug-likeness (QED) is 0.435. The van der Waals surface area contributed by atoms with E-state index in [1.54, 1.807) is 41.1 Å². The SMILES string of the molecule is O=P([O-])(c1ccccc1)c1nccn1Cc1ccccc1.[Na+]. The molecule has 0 aliphatic carbocycles. The van der Waals surface area contributed by atoms with E-state index in [0.717, 1.165) is 5.56 Å². The zero-order valence-electron chi connectivity index (χ0n) is 12.3. The third kappa shape index (κ3) is 3.60. The van der Waals surface area contributed by atoms with Crippen LogP contribution in [0.1, 0.15) is 5.56 Å². The van der Waals surface area contributed by atoms with Crippen LogP contribution < -0.4 is 45.3 Å². The van der Waals surface area contributed by atoms with E-state index >= 15 is 0 Å². The second-order valence-corrected chi connectivity index (χ2v) is 6.75. The van der Waals surface area contributed by atoms with Gasteiger partial charge < -0.3 is 14.0 Å². The molecule has 0 aliphatic heterocycles. The van der Waals surface area contributed by atoms with Gasteiger partial charge >= 0.3 is 29.6 Å². The first-order valence-corrected chi connectivity index (χ1v) is 8.23. The van der Waals surface area contributed by atoms with Gasteiger partial charge in [0.25, 0.3) is 0 Å². The maximum Gasteiger partial charge on any atom is 1.00 e. The van der Waals surface area contributed by atoms with Crippen molar-refractivity contribution in [3.05, 3.63) is 78.6 Å². The number of rotatable bonds is 4. The fourth-order valence-corrected chi connectivity index (χ4v) is 3.70. The molecule has 0 saturated heterocycles. The van der Waals surface area contributed by atoms with Gasteiger partial charge in [-0.05, 0) is 5.56 Å². The molecule has 3 rings (SSSR count). The van der Waals surface area contributed by atoms with Crippen LogP contribution in [0.5, 0.6) is 0 Å². The number of nitrogens with zero attached hydrogens (tertiary/aromatic N) is 2. The van der Waals surface area contributed by atoms with Crippen molar-refractivity contribution in [3.63, 3.8) is 0 Å². The van der Waals surface area contributed by atoms with Gasteiger partial charge in [-0.3, -0.25) is 0 Å². The van der Waals surface area contributed by atoms with Crippen molar-refractivity contribution >= 4 is 18.2 Å². The number of aromatic nitrogens is 2. The molecule has 3 aromatic rings. The Balaban J connectivity index is 0.00000176. The van der Waals surface area contributed by atoms with Crippen molar-refractivity contribution < 1.29 is 39.0 Å². The Morgan fingerprint density at radius 1 is 1.00 bits per heavy atom. The van der Waals surface area contributed by atoms with Gasteiger partial charge in [0.15, 0.2) is 5.57 Å². The predicted molar refractivity (Wildman–Crippen MR) is 81.1 cm³/mol. The second-order valence-electron chi connectivity index (χ2n) is 4.73. The summed E-state index contributed by atoms with van der Waals surface area (Å²) < 4.78 is 14.3. The molecule has 2 aromatic carbocycles. The first-order chi connectivity index (χ1) is 10.2. The molecule has 1 atom stereocenters. The average Bonchev–Trinajstić information content (AvgIpc) is 2.98. The second kappa shape index (κ2) is 7.40. The summed E-state index contributed by atoms with van der Waals surface area (Å²) in [6, 6.07) is 18.1. The van der Waals surface area contributed by atoms with Gasteiger partial charge in [-0.1, -0.05) is 60.7 Å². The summed E-state index contributed by atoms with van der Waals surface area (Å²) in [5, 5.41) is 0.283. The standard InChI is InChI=1S/C16H15N2O2P.Na/c19-21(20,15-9-5-2-6-10-15)16-17-11-12-18(16)13-14-7-3-1-4-8-14;/h1-12H,13H2,(H,19,20);/q;+1/p-1. The van der Waals surface area contributed by atoms with Crippen LogP contribution in [0, 0.1) is 0 Å². The third-order valence-electron chi connectivity index (χ3n) is 3.25. The molecular weight excluding hydrogens is 306 g/mol. The van der Waals surface area contributed by atoms with E-state index in [1.165, 1.54) is 6.20 Å². The molecule has 106 valence electrons. The van der Waals surface area contributed by atoms with Crippen LogP contribution in [0.25, 0.3) is 0 Å². The first-order valence-electron chi connectivity index (χ1n) is 6.60. The minimum atomic E-state index is -3.92. The monoisotopic (exact) mass is 320 g/mol. The molecule has 0 amide bonds. The minimum Gasteiger partial charge on any atom is -0.790 e. The molecule has 0 saturated carbocycles. The molecule has 1 aromatic heterocycles. The Hall–Kier alpha value is -1.16. The van der Waals surface area contributed by atoms with E-state index in [9.17, 15) is 9.46 Å². The van der Waals surface area contributed by atoms with Crippen LogP contribution in [0.2, 0.25) is 0 Å². The molecular formula is C16H14N2NaO2P. The Labute approximate surface area is 151 Å². The number of hydrogen-bond donors (Lipinski definition) is 0. The van der Waals surface area contributed by atoms with Gasteiger partial charge in [0, 0.05) is 24.2 Å². The normalized spacial score (nSPS) is 13.1. The molecule has 22 heavy (non-hydrogen) atoms. The van der Waals surface area contributed by atoms with Gasteiger partial charge in [-0.2, -0.15) is 0 Å². The Morgan fingerprint density at radius 3 is 2.23 bits per heavy atom. The molecule has 0 aliphatic rings. The molecule has 4 nitrogen and oxygen atoms in total. The van der Waals surface area contributed by atoms with Crippen LogP contribution in [-0.2, 0) is 11.1 Å². The van der Waals surface area contributed by atoms with Crippen molar-refractivity contribution in [2.45, 2.75) is 6.54 Å². The van der Waals surface area contributed by atoms with Gasteiger partial charge in [0.05, 0.1) is 0 Å². The van der Waals surface area contributed by atoms with Gasteiger partial charge in [0.2, 0.25) is 0 Å². The molecule has 1 heterocycles. The number of hydrogen-bond acceptors (Lipinski definition) is 3. The van der Waals surface area contributed by atoms with Gasteiger partial charge in [-0.25, -0.2) is 4.98 Å². The van der Waals surface area contributed by atoms with Crippen molar-refractivity contribution in [3.8, 4) is 0 Å². The van der Waals surface area contributed by atoms with Gasteiger partial charge in [-0.15, -0.1) is 0 Å². The molecule has 1 unspecified atom stereocenters. The fourth-order valence-electron chi connectivity index (χ4n) is 2.21. The maximum absolute atomic E-state index is 12.7. The van der Waals surface area contributed by atoms with Crippen LogP contribution >= 0.6 is 7.37 Å². The number of imidazole rings is 1. The maximum atomic E-state index is 12.7. The molecule has 0 spiro atoms. The topological polar surface area (TPSA) is 57.9 Å². The molecule has 0 radical (unpaired) electrons. The zero-order chi connectivity index (χ0) is 14.7. The molecule has 6 heteroatoms. The average molecular weight is 320 g/mol. The van der Waals surface area contributed by atoms with Crippen molar-refractivity contribution in [1.29, 1.82) is 0 Å². The summed E-state index contributed by atoms with van der Waals surface area (Å²) >= 11 is 0. The predicted octanol–water partition coefficient (Wildman–Crippen LogP) is -1.48. The van der Waals surface area contributed by atoms with E-state index < -0.39 is 7.37 Å². The first kappa shape index (κ1) is 17.2. The van der Waals surface area contributed by atoms with Crippen LogP contribution in [-0.4, -0.2) is 9.55 Å². The Morgan fingerprint density at radius 2 is 1.59 bits per heavy atom. The van der Waals surface area contributed by atoms with E-state index in [4.69, 9.17) is 0 Å². The van der Waals surface area contributed by atoms with Crippen LogP contribution in [0.15, 0.2) is 73.1 Å². The van der Waals surface area contributed by atoms with E-state index in [0.29, 0.717) is 6.54 Å². The third-order valence-corrected chi connectivity index (χ3v) is 5.13. The van der Waals surface area contributed by atoms with E-state index in [-0.39, 0.29) is 40.4 Å². The van der Waals surface area contributed by atoms with Gasteiger partial charge in [0.1, 0.15) is 7.37 Å². The Bertz CT molecular complexity index is 775. The van der Waals surface area contributed by atoms with Crippen molar-refractivity contribution in [2.24, 2.45) is 0 Å². The summed E-state index contributed by atoms with van der Waals surface area (Å²) in [6.45, 7) is 0.481. The smallest absolute Gasteiger partial charge is 0.790 e. The summed E-state index contributed by atoms with van der Waals surface area (Å²) in [4.78, 5) is 16.7. The van der Waals surface area contributed by atoms with E-state index in [2.05, 4.69) is 4.98 Å².